The Morgan fingerprint density at radius 1 is 1.33 bits per heavy atom. The van der Waals surface area contributed by atoms with Crippen molar-refractivity contribution >= 4 is 11.9 Å². The van der Waals surface area contributed by atoms with Gasteiger partial charge in [0, 0.05) is 13.1 Å². The van der Waals surface area contributed by atoms with Gasteiger partial charge in [0.15, 0.2) is 0 Å². The standard InChI is InChI=1S/C11H20N6O/c1-7(2)18-11-14-9(16-12)13-10(15-11)17(3)8-5-4-6-8/h7-8H,4-6,12H2,1-3H3,(H,13,14,15,16). The van der Waals surface area contributed by atoms with Crippen molar-refractivity contribution in [2.75, 3.05) is 17.4 Å². The number of hydrogen-bond donors (Lipinski definition) is 2. The molecule has 2 rings (SSSR count). The molecule has 1 saturated carbocycles. The summed E-state index contributed by atoms with van der Waals surface area (Å²) in [5.74, 6) is 6.28. The van der Waals surface area contributed by atoms with E-state index in [1.165, 1.54) is 19.3 Å². The molecule has 0 aliphatic heterocycles. The zero-order valence-corrected chi connectivity index (χ0v) is 11.1. The fourth-order valence-electron chi connectivity index (χ4n) is 1.77. The molecule has 1 aromatic heterocycles. The third kappa shape index (κ3) is 2.79. The van der Waals surface area contributed by atoms with Crippen molar-refractivity contribution < 1.29 is 4.74 Å². The quantitative estimate of drug-likeness (QED) is 0.595. The van der Waals surface area contributed by atoms with Crippen LogP contribution in [0, 0.1) is 0 Å². The molecule has 0 bridgehead atoms. The predicted octanol–water partition coefficient (Wildman–Crippen LogP) is 0.933. The van der Waals surface area contributed by atoms with E-state index in [1.54, 1.807) is 0 Å². The molecule has 0 amide bonds. The number of anilines is 2. The zero-order chi connectivity index (χ0) is 13.1. The van der Waals surface area contributed by atoms with E-state index in [0.29, 0.717) is 23.9 Å². The van der Waals surface area contributed by atoms with Crippen LogP contribution in [0.5, 0.6) is 6.01 Å². The molecule has 1 aromatic rings. The number of aromatic nitrogens is 3. The smallest absolute Gasteiger partial charge is 0.323 e. The molecule has 18 heavy (non-hydrogen) atoms. The van der Waals surface area contributed by atoms with E-state index in [9.17, 15) is 0 Å². The topological polar surface area (TPSA) is 89.2 Å². The average molecular weight is 252 g/mol. The number of rotatable bonds is 5. The maximum absolute atomic E-state index is 5.49. The minimum atomic E-state index is 0.0138. The number of nitrogen functional groups attached to an aromatic ring is 1. The summed E-state index contributed by atoms with van der Waals surface area (Å²) in [5, 5.41) is 0. The highest BCUT2D eigenvalue weighted by atomic mass is 16.5. The molecule has 1 aliphatic rings. The lowest BCUT2D eigenvalue weighted by Crippen LogP contribution is -2.38. The number of hydrazine groups is 1. The van der Waals surface area contributed by atoms with E-state index in [1.807, 2.05) is 20.9 Å². The molecule has 3 N–H and O–H groups in total. The molecule has 7 nitrogen and oxygen atoms in total. The number of hydrogen-bond acceptors (Lipinski definition) is 7. The molecule has 0 radical (unpaired) electrons. The maximum Gasteiger partial charge on any atom is 0.323 e. The van der Waals surface area contributed by atoms with Crippen LogP contribution in [0.25, 0.3) is 0 Å². The van der Waals surface area contributed by atoms with Crippen LogP contribution < -0.4 is 20.9 Å². The van der Waals surface area contributed by atoms with Gasteiger partial charge in [-0.25, -0.2) is 5.84 Å². The van der Waals surface area contributed by atoms with Gasteiger partial charge < -0.3 is 9.64 Å². The summed E-state index contributed by atoms with van der Waals surface area (Å²) in [6.45, 7) is 3.85. The SMILES string of the molecule is CC(C)Oc1nc(NN)nc(N(C)C2CCC2)n1. The van der Waals surface area contributed by atoms with E-state index in [-0.39, 0.29) is 6.10 Å². The Kier molecular flexibility index (Phi) is 3.81. The second-order valence-corrected chi connectivity index (χ2v) is 4.75. The van der Waals surface area contributed by atoms with E-state index in [0.717, 1.165) is 0 Å². The Bertz CT molecular complexity index is 407. The molecular formula is C11H20N6O. The van der Waals surface area contributed by atoms with E-state index in [4.69, 9.17) is 10.6 Å². The Balaban J connectivity index is 2.22. The molecule has 1 fully saturated rings. The minimum Gasteiger partial charge on any atom is -0.461 e. The molecular weight excluding hydrogens is 232 g/mol. The molecule has 0 spiro atoms. The number of ether oxygens (including phenoxy) is 1. The molecule has 0 saturated heterocycles. The molecule has 1 aliphatic carbocycles. The van der Waals surface area contributed by atoms with Crippen molar-refractivity contribution in [3.05, 3.63) is 0 Å². The van der Waals surface area contributed by atoms with Crippen LogP contribution in [-0.2, 0) is 0 Å². The van der Waals surface area contributed by atoms with Gasteiger partial charge in [0.1, 0.15) is 0 Å². The van der Waals surface area contributed by atoms with E-state index < -0.39 is 0 Å². The van der Waals surface area contributed by atoms with Crippen molar-refractivity contribution in [3.63, 3.8) is 0 Å². The molecule has 100 valence electrons. The Hall–Kier alpha value is -1.63. The first-order valence-electron chi connectivity index (χ1n) is 6.22. The normalized spacial score (nSPS) is 15.4. The number of nitrogens with one attached hydrogen (secondary N) is 1. The van der Waals surface area contributed by atoms with Crippen molar-refractivity contribution in [3.8, 4) is 6.01 Å². The fraction of sp³-hybridized carbons (Fsp3) is 0.727. The second-order valence-electron chi connectivity index (χ2n) is 4.75. The van der Waals surface area contributed by atoms with Crippen LogP contribution in [-0.4, -0.2) is 34.1 Å². The van der Waals surface area contributed by atoms with Crippen LogP contribution in [0.2, 0.25) is 0 Å². The summed E-state index contributed by atoms with van der Waals surface area (Å²) in [6, 6.07) is 0.805. The van der Waals surface area contributed by atoms with Gasteiger partial charge in [-0.2, -0.15) is 15.0 Å². The zero-order valence-electron chi connectivity index (χ0n) is 11.1. The highest BCUT2D eigenvalue weighted by molar-refractivity contribution is 5.38. The van der Waals surface area contributed by atoms with Gasteiger partial charge in [-0.05, 0) is 33.1 Å². The van der Waals surface area contributed by atoms with Crippen LogP contribution in [0.1, 0.15) is 33.1 Å². The molecule has 0 atom stereocenters. The van der Waals surface area contributed by atoms with E-state index in [2.05, 4.69) is 25.3 Å². The van der Waals surface area contributed by atoms with Crippen LogP contribution >= 0.6 is 0 Å². The summed E-state index contributed by atoms with van der Waals surface area (Å²) in [6.07, 6.45) is 3.62. The maximum atomic E-state index is 5.49. The van der Waals surface area contributed by atoms with Gasteiger partial charge in [0.2, 0.25) is 11.9 Å². The number of nitrogens with zero attached hydrogens (tertiary/aromatic N) is 4. The molecule has 0 unspecified atom stereocenters. The summed E-state index contributed by atoms with van der Waals surface area (Å²) in [4.78, 5) is 14.7. The van der Waals surface area contributed by atoms with Gasteiger partial charge >= 0.3 is 6.01 Å². The average Bonchev–Trinajstić information content (AvgIpc) is 2.25. The van der Waals surface area contributed by atoms with Crippen LogP contribution in [0.15, 0.2) is 0 Å². The van der Waals surface area contributed by atoms with Gasteiger partial charge in [0.05, 0.1) is 6.10 Å². The van der Waals surface area contributed by atoms with Gasteiger partial charge in [0.25, 0.3) is 0 Å². The third-order valence-corrected chi connectivity index (χ3v) is 3.01. The Morgan fingerprint density at radius 3 is 2.56 bits per heavy atom. The first kappa shape index (κ1) is 12.8. The summed E-state index contributed by atoms with van der Waals surface area (Å²) in [7, 11) is 1.98. The molecule has 0 aromatic carbocycles. The lowest BCUT2D eigenvalue weighted by molar-refractivity contribution is 0.221. The highest BCUT2D eigenvalue weighted by Gasteiger charge is 2.25. The largest absolute Gasteiger partial charge is 0.461 e. The van der Waals surface area contributed by atoms with Crippen molar-refractivity contribution in [2.45, 2.75) is 45.3 Å². The monoisotopic (exact) mass is 252 g/mol. The van der Waals surface area contributed by atoms with Crippen molar-refractivity contribution in [1.82, 2.24) is 15.0 Å². The van der Waals surface area contributed by atoms with Gasteiger partial charge in [-0.3, -0.25) is 5.43 Å². The van der Waals surface area contributed by atoms with Gasteiger partial charge in [-0.15, -0.1) is 0 Å². The summed E-state index contributed by atoms with van der Waals surface area (Å²) < 4.78 is 5.49. The van der Waals surface area contributed by atoms with Crippen LogP contribution in [0.4, 0.5) is 11.9 Å². The molecule has 1 heterocycles. The lowest BCUT2D eigenvalue weighted by atomic mass is 9.92. The predicted molar refractivity (Wildman–Crippen MR) is 69.4 cm³/mol. The highest BCUT2D eigenvalue weighted by Crippen LogP contribution is 2.27. The Morgan fingerprint density at radius 2 is 2.06 bits per heavy atom. The third-order valence-electron chi connectivity index (χ3n) is 3.01. The second kappa shape index (κ2) is 5.34. The Labute approximate surface area is 107 Å². The van der Waals surface area contributed by atoms with E-state index >= 15 is 0 Å². The van der Waals surface area contributed by atoms with Gasteiger partial charge in [-0.1, -0.05) is 0 Å². The minimum absolute atomic E-state index is 0.0138. The first-order valence-corrected chi connectivity index (χ1v) is 6.22. The first-order chi connectivity index (χ1) is 8.60. The number of nitrogens with two attached hydrogens (primary N) is 1. The summed E-state index contributed by atoms with van der Waals surface area (Å²) in [5.41, 5.74) is 2.44. The molecule has 7 heteroatoms. The van der Waals surface area contributed by atoms with Crippen LogP contribution in [0.3, 0.4) is 0 Å². The lowest BCUT2D eigenvalue weighted by Gasteiger charge is -2.34. The fourth-order valence-corrected chi connectivity index (χ4v) is 1.77. The van der Waals surface area contributed by atoms with Crippen molar-refractivity contribution in [1.29, 1.82) is 0 Å². The van der Waals surface area contributed by atoms with Crippen molar-refractivity contribution in [2.24, 2.45) is 5.84 Å². The summed E-state index contributed by atoms with van der Waals surface area (Å²) >= 11 is 0.